The maximum atomic E-state index is 12.6. The topological polar surface area (TPSA) is 91.4 Å². The molecule has 1 saturated carbocycles. The molecule has 4 amide bonds. The third kappa shape index (κ3) is 2.84. The Bertz CT molecular complexity index is 920. The number of thiazole rings is 1. The molecule has 26 heavy (non-hydrogen) atoms. The van der Waals surface area contributed by atoms with Crippen molar-refractivity contribution in [2.24, 2.45) is 5.92 Å². The highest BCUT2D eigenvalue weighted by molar-refractivity contribution is 7.22. The summed E-state index contributed by atoms with van der Waals surface area (Å²) in [6.07, 6.45) is 2.78. The number of nitrogens with one attached hydrogen (secondary N) is 2. The van der Waals surface area contributed by atoms with Crippen LogP contribution in [0.3, 0.4) is 0 Å². The molecule has 2 aliphatic rings. The van der Waals surface area contributed by atoms with E-state index in [0.29, 0.717) is 5.13 Å². The van der Waals surface area contributed by atoms with Gasteiger partial charge in [-0.25, -0.2) is 9.78 Å². The van der Waals surface area contributed by atoms with Crippen molar-refractivity contribution in [2.75, 3.05) is 11.9 Å². The lowest BCUT2D eigenvalue weighted by Gasteiger charge is -2.20. The number of urea groups is 1. The number of aromatic nitrogens is 1. The molecule has 0 spiro atoms. The van der Waals surface area contributed by atoms with E-state index in [9.17, 15) is 14.4 Å². The van der Waals surface area contributed by atoms with E-state index >= 15 is 0 Å². The van der Waals surface area contributed by atoms with Gasteiger partial charge in [-0.3, -0.25) is 14.5 Å². The van der Waals surface area contributed by atoms with Crippen molar-refractivity contribution in [1.82, 2.24) is 15.2 Å². The minimum Gasteiger partial charge on any atom is -0.323 e. The van der Waals surface area contributed by atoms with Crippen LogP contribution in [-0.4, -0.2) is 39.8 Å². The Kier molecular flexibility index (Phi) is 3.95. The highest BCUT2D eigenvalue weighted by Crippen LogP contribution is 2.42. The van der Waals surface area contributed by atoms with Gasteiger partial charge in [-0.05, 0) is 49.8 Å². The van der Waals surface area contributed by atoms with E-state index in [1.165, 1.54) is 16.9 Å². The zero-order valence-electron chi connectivity index (χ0n) is 14.7. The van der Waals surface area contributed by atoms with Gasteiger partial charge in [0.25, 0.3) is 5.91 Å². The quantitative estimate of drug-likeness (QED) is 0.789. The van der Waals surface area contributed by atoms with Crippen LogP contribution in [-0.2, 0) is 16.0 Å². The lowest BCUT2D eigenvalue weighted by molar-refractivity contribution is -0.134. The Hall–Kier alpha value is -2.48. The van der Waals surface area contributed by atoms with Gasteiger partial charge in [-0.15, -0.1) is 0 Å². The van der Waals surface area contributed by atoms with Gasteiger partial charge in [0.15, 0.2) is 5.13 Å². The standard InChI is InChI=1S/C18H20N4O3S/c1-3-10-4-7-12-13(8-10)26-16(19-12)20-14(23)9-22-15(24)18(2,11-5-6-11)21-17(22)25/h4,7-8,11H,3,5-6,9H2,1-2H3,(H,21,25)(H,19,20,23)/t18-/m1/s1. The Balaban J connectivity index is 1.45. The van der Waals surface area contributed by atoms with Gasteiger partial charge in [0, 0.05) is 0 Å². The third-order valence-electron chi connectivity index (χ3n) is 5.10. The Morgan fingerprint density at radius 3 is 2.88 bits per heavy atom. The third-order valence-corrected chi connectivity index (χ3v) is 6.04. The van der Waals surface area contributed by atoms with E-state index in [-0.39, 0.29) is 18.4 Å². The molecule has 2 N–H and O–H groups in total. The minimum atomic E-state index is -0.871. The first-order valence-electron chi connectivity index (χ1n) is 8.74. The van der Waals surface area contributed by atoms with Crippen LogP contribution in [0.15, 0.2) is 18.2 Å². The smallest absolute Gasteiger partial charge is 0.323 e. The number of nitrogens with zero attached hydrogens (tertiary/aromatic N) is 2. The summed E-state index contributed by atoms with van der Waals surface area (Å²) in [5.41, 5.74) is 1.15. The van der Waals surface area contributed by atoms with Gasteiger partial charge >= 0.3 is 6.03 Å². The van der Waals surface area contributed by atoms with E-state index in [1.54, 1.807) is 6.92 Å². The van der Waals surface area contributed by atoms with Crippen molar-refractivity contribution in [3.05, 3.63) is 23.8 Å². The number of carbonyl (C=O) groups is 3. The highest BCUT2D eigenvalue weighted by Gasteiger charge is 2.56. The number of imide groups is 1. The Morgan fingerprint density at radius 2 is 2.19 bits per heavy atom. The number of rotatable bonds is 5. The molecule has 0 unspecified atom stereocenters. The maximum Gasteiger partial charge on any atom is 0.325 e. The fourth-order valence-electron chi connectivity index (χ4n) is 3.34. The summed E-state index contributed by atoms with van der Waals surface area (Å²) in [6, 6.07) is 5.50. The van der Waals surface area contributed by atoms with Crippen molar-refractivity contribution in [3.63, 3.8) is 0 Å². The summed E-state index contributed by atoms with van der Waals surface area (Å²) < 4.78 is 0.996. The van der Waals surface area contributed by atoms with Crippen LogP contribution in [0.1, 0.15) is 32.3 Å². The molecule has 0 radical (unpaired) electrons. The fourth-order valence-corrected chi connectivity index (χ4v) is 4.29. The Labute approximate surface area is 154 Å². The highest BCUT2D eigenvalue weighted by atomic mass is 32.1. The van der Waals surface area contributed by atoms with Gasteiger partial charge in [-0.2, -0.15) is 0 Å². The first-order valence-corrected chi connectivity index (χ1v) is 9.56. The van der Waals surface area contributed by atoms with Gasteiger partial charge in [0.2, 0.25) is 5.91 Å². The van der Waals surface area contributed by atoms with Gasteiger partial charge in [0.05, 0.1) is 10.2 Å². The molecular formula is C18H20N4O3S. The normalized spacial score (nSPS) is 22.8. The van der Waals surface area contributed by atoms with Crippen molar-refractivity contribution in [1.29, 1.82) is 0 Å². The van der Waals surface area contributed by atoms with Crippen LogP contribution in [0, 0.1) is 5.92 Å². The summed E-state index contributed by atoms with van der Waals surface area (Å²) in [7, 11) is 0. The molecule has 7 nitrogen and oxygen atoms in total. The number of fused-ring (bicyclic) bond motifs is 1. The zero-order valence-corrected chi connectivity index (χ0v) is 15.5. The van der Waals surface area contributed by atoms with Crippen molar-refractivity contribution >= 4 is 44.5 Å². The molecule has 2 fully saturated rings. The van der Waals surface area contributed by atoms with E-state index < -0.39 is 17.5 Å². The van der Waals surface area contributed by atoms with Crippen molar-refractivity contribution in [2.45, 2.75) is 38.6 Å². The fraction of sp³-hybridized carbons (Fsp3) is 0.444. The van der Waals surface area contributed by atoms with E-state index in [0.717, 1.165) is 34.4 Å². The predicted octanol–water partition coefficient (Wildman–Crippen LogP) is 2.52. The van der Waals surface area contributed by atoms with Crippen molar-refractivity contribution in [3.8, 4) is 0 Å². The lowest BCUT2D eigenvalue weighted by atomic mass is 9.96. The molecular weight excluding hydrogens is 352 g/mol. The largest absolute Gasteiger partial charge is 0.325 e. The first kappa shape index (κ1) is 17.0. The summed E-state index contributed by atoms with van der Waals surface area (Å²) in [5, 5.41) is 5.91. The molecule has 136 valence electrons. The van der Waals surface area contributed by atoms with E-state index in [1.807, 2.05) is 12.1 Å². The molecule has 4 rings (SSSR count). The molecule has 1 aliphatic carbocycles. The predicted molar refractivity (Wildman–Crippen MR) is 99.0 cm³/mol. The van der Waals surface area contributed by atoms with E-state index in [4.69, 9.17) is 0 Å². The van der Waals surface area contributed by atoms with Crippen molar-refractivity contribution < 1.29 is 14.4 Å². The minimum absolute atomic E-state index is 0.170. The lowest BCUT2D eigenvalue weighted by Crippen LogP contribution is -2.46. The van der Waals surface area contributed by atoms with Gasteiger partial charge in [0.1, 0.15) is 12.1 Å². The molecule has 0 bridgehead atoms. The average Bonchev–Trinajstić information content (AvgIpc) is 3.35. The number of carbonyl (C=O) groups excluding carboxylic acids is 3. The van der Waals surface area contributed by atoms with Crippen LogP contribution in [0.25, 0.3) is 10.2 Å². The summed E-state index contributed by atoms with van der Waals surface area (Å²) in [4.78, 5) is 42.4. The molecule has 1 aromatic carbocycles. The number of hydrogen-bond acceptors (Lipinski definition) is 5. The molecule has 1 aliphatic heterocycles. The molecule has 1 aromatic heterocycles. The number of benzene rings is 1. The van der Waals surface area contributed by atoms with Crippen LogP contribution >= 0.6 is 11.3 Å². The SMILES string of the molecule is CCc1ccc2nc(NC(=O)CN3C(=O)N[C@](C)(C4CC4)C3=O)sc2c1. The average molecular weight is 372 g/mol. The molecule has 2 heterocycles. The summed E-state index contributed by atoms with van der Waals surface area (Å²) in [5.74, 6) is -0.579. The first-order chi connectivity index (χ1) is 12.4. The Morgan fingerprint density at radius 1 is 1.42 bits per heavy atom. The van der Waals surface area contributed by atoms with Gasteiger partial charge in [-0.1, -0.05) is 24.3 Å². The van der Waals surface area contributed by atoms with E-state index in [2.05, 4.69) is 28.6 Å². The monoisotopic (exact) mass is 372 g/mol. The van der Waals surface area contributed by atoms with Crippen LogP contribution in [0.4, 0.5) is 9.93 Å². The van der Waals surface area contributed by atoms with Crippen LogP contribution in [0.5, 0.6) is 0 Å². The number of hydrogen-bond donors (Lipinski definition) is 2. The molecule has 8 heteroatoms. The second-order valence-electron chi connectivity index (χ2n) is 7.02. The second kappa shape index (κ2) is 6.05. The zero-order chi connectivity index (χ0) is 18.5. The molecule has 1 saturated heterocycles. The number of anilines is 1. The molecule has 2 aromatic rings. The van der Waals surface area contributed by atoms with Crippen LogP contribution < -0.4 is 10.6 Å². The maximum absolute atomic E-state index is 12.6. The number of aryl methyl sites for hydroxylation is 1. The summed E-state index contributed by atoms with van der Waals surface area (Å²) in [6.45, 7) is 3.52. The summed E-state index contributed by atoms with van der Waals surface area (Å²) >= 11 is 1.38. The number of amides is 4. The van der Waals surface area contributed by atoms with Gasteiger partial charge < -0.3 is 10.6 Å². The second-order valence-corrected chi connectivity index (χ2v) is 8.05. The molecule has 1 atom stereocenters. The van der Waals surface area contributed by atoms with Crippen LogP contribution in [0.2, 0.25) is 0 Å².